The lowest BCUT2D eigenvalue weighted by Gasteiger charge is -2.11. The van der Waals surface area contributed by atoms with Crippen LogP contribution in [0.4, 0.5) is 5.69 Å². The van der Waals surface area contributed by atoms with Gasteiger partial charge in [0.25, 0.3) is 0 Å². The minimum atomic E-state index is 0.539. The van der Waals surface area contributed by atoms with E-state index in [0.717, 1.165) is 30.0 Å². The molecule has 1 aromatic rings. The van der Waals surface area contributed by atoms with E-state index in [-0.39, 0.29) is 0 Å². The van der Waals surface area contributed by atoms with Gasteiger partial charge in [0.2, 0.25) is 0 Å². The van der Waals surface area contributed by atoms with E-state index in [9.17, 15) is 0 Å². The maximum Gasteiger partial charge on any atom is 0.124 e. The van der Waals surface area contributed by atoms with Crippen molar-refractivity contribution in [2.45, 2.75) is 52.1 Å². The third-order valence-electron chi connectivity index (χ3n) is 3.14. The molecule has 0 fully saturated rings. The Morgan fingerprint density at radius 3 is 2.53 bits per heavy atom. The maximum absolute atomic E-state index is 5.82. The van der Waals surface area contributed by atoms with Gasteiger partial charge < -0.3 is 15.2 Å². The lowest BCUT2D eigenvalue weighted by Crippen LogP contribution is -2.02. The first-order valence-electron chi connectivity index (χ1n) is 7.28. The fourth-order valence-corrected chi connectivity index (χ4v) is 2.07. The summed E-state index contributed by atoms with van der Waals surface area (Å²) in [6.45, 7) is 3.55. The molecule has 0 unspecified atom stereocenters. The van der Waals surface area contributed by atoms with E-state index in [1.165, 1.54) is 32.1 Å². The molecule has 0 aliphatic rings. The van der Waals surface area contributed by atoms with Crippen molar-refractivity contribution >= 4 is 5.69 Å². The van der Waals surface area contributed by atoms with E-state index >= 15 is 0 Å². The van der Waals surface area contributed by atoms with E-state index < -0.39 is 0 Å². The Hall–Kier alpha value is -1.22. The second-order valence-corrected chi connectivity index (χ2v) is 4.92. The van der Waals surface area contributed by atoms with E-state index in [2.05, 4.69) is 6.92 Å². The topological polar surface area (TPSA) is 44.5 Å². The largest absolute Gasteiger partial charge is 0.493 e. The summed E-state index contributed by atoms with van der Waals surface area (Å²) in [5.74, 6) is 0.893. The Balaban J connectivity index is 2.28. The van der Waals surface area contributed by atoms with E-state index in [1.54, 1.807) is 7.11 Å². The molecule has 0 radical (unpaired) electrons. The minimum Gasteiger partial charge on any atom is -0.493 e. The number of anilines is 1. The summed E-state index contributed by atoms with van der Waals surface area (Å²) < 4.78 is 11.0. The first-order valence-corrected chi connectivity index (χ1v) is 7.28. The number of nitrogen functional groups attached to an aromatic ring is 1. The highest BCUT2D eigenvalue weighted by Crippen LogP contribution is 2.22. The van der Waals surface area contributed by atoms with Gasteiger partial charge >= 0.3 is 0 Å². The van der Waals surface area contributed by atoms with Gasteiger partial charge in [0, 0.05) is 18.4 Å². The summed E-state index contributed by atoms with van der Waals surface area (Å²) in [6.07, 6.45) is 7.64. The van der Waals surface area contributed by atoms with Crippen LogP contribution >= 0.6 is 0 Å². The maximum atomic E-state index is 5.82. The summed E-state index contributed by atoms with van der Waals surface area (Å²) in [5, 5.41) is 0. The molecular formula is C16H27NO2. The third kappa shape index (κ3) is 6.48. The Bertz CT molecular complexity index is 353. The van der Waals surface area contributed by atoms with Gasteiger partial charge in [-0.3, -0.25) is 0 Å². The van der Waals surface area contributed by atoms with Crippen molar-refractivity contribution in [1.29, 1.82) is 0 Å². The van der Waals surface area contributed by atoms with Crippen molar-refractivity contribution in [1.82, 2.24) is 0 Å². The minimum absolute atomic E-state index is 0.539. The highest BCUT2D eigenvalue weighted by atomic mass is 16.5. The molecule has 0 aliphatic carbocycles. The Kier molecular flexibility index (Phi) is 8.07. The first kappa shape index (κ1) is 15.8. The summed E-state index contributed by atoms with van der Waals surface area (Å²) in [6, 6.07) is 5.72. The summed E-state index contributed by atoms with van der Waals surface area (Å²) >= 11 is 0. The smallest absolute Gasteiger partial charge is 0.124 e. The zero-order valence-electron chi connectivity index (χ0n) is 12.3. The fraction of sp³-hybridized carbons (Fsp3) is 0.625. The van der Waals surface area contributed by atoms with Crippen LogP contribution in [0.2, 0.25) is 0 Å². The van der Waals surface area contributed by atoms with Gasteiger partial charge in [0.1, 0.15) is 5.75 Å². The van der Waals surface area contributed by atoms with Crippen LogP contribution in [0.1, 0.15) is 51.0 Å². The van der Waals surface area contributed by atoms with Gasteiger partial charge in [0.15, 0.2) is 0 Å². The second kappa shape index (κ2) is 9.68. The van der Waals surface area contributed by atoms with Gasteiger partial charge in [-0.15, -0.1) is 0 Å². The van der Waals surface area contributed by atoms with Crippen LogP contribution in [-0.2, 0) is 11.3 Å². The second-order valence-electron chi connectivity index (χ2n) is 4.92. The van der Waals surface area contributed by atoms with Crippen molar-refractivity contribution < 1.29 is 9.47 Å². The van der Waals surface area contributed by atoms with Crippen molar-refractivity contribution in [3.05, 3.63) is 23.8 Å². The quantitative estimate of drug-likeness (QED) is 0.510. The summed E-state index contributed by atoms with van der Waals surface area (Å²) in [7, 11) is 1.68. The predicted octanol–water partition coefficient (Wildman–Crippen LogP) is 4.15. The summed E-state index contributed by atoms with van der Waals surface area (Å²) in [5.41, 5.74) is 7.54. The van der Waals surface area contributed by atoms with Gasteiger partial charge in [-0.05, 0) is 24.6 Å². The molecule has 3 nitrogen and oxygen atoms in total. The molecule has 3 heteroatoms. The Labute approximate surface area is 117 Å². The van der Waals surface area contributed by atoms with Gasteiger partial charge in [-0.2, -0.15) is 0 Å². The average Bonchev–Trinajstić information content (AvgIpc) is 2.40. The number of unbranched alkanes of at least 4 members (excludes halogenated alkanes) is 5. The van der Waals surface area contributed by atoms with Crippen LogP contribution in [-0.4, -0.2) is 13.7 Å². The number of benzene rings is 1. The molecule has 1 aromatic carbocycles. The van der Waals surface area contributed by atoms with E-state index in [1.807, 2.05) is 18.2 Å². The lowest BCUT2D eigenvalue weighted by molar-refractivity contribution is 0.179. The molecule has 0 aliphatic heterocycles. The molecule has 0 heterocycles. The van der Waals surface area contributed by atoms with Crippen LogP contribution in [0.5, 0.6) is 5.75 Å². The number of hydrogen-bond donors (Lipinski definition) is 1. The highest BCUT2D eigenvalue weighted by molar-refractivity contribution is 5.47. The normalized spacial score (nSPS) is 10.6. The number of nitrogens with two attached hydrogens (primary N) is 1. The molecule has 0 saturated heterocycles. The number of ether oxygens (including phenoxy) is 2. The monoisotopic (exact) mass is 265 g/mol. The highest BCUT2D eigenvalue weighted by Gasteiger charge is 2.04. The molecule has 0 atom stereocenters. The van der Waals surface area contributed by atoms with Crippen molar-refractivity contribution in [2.75, 3.05) is 19.5 Å². The average molecular weight is 265 g/mol. The summed E-state index contributed by atoms with van der Waals surface area (Å²) in [4.78, 5) is 0. The van der Waals surface area contributed by atoms with Crippen molar-refractivity contribution in [2.24, 2.45) is 0 Å². The van der Waals surface area contributed by atoms with Crippen LogP contribution in [0.3, 0.4) is 0 Å². The molecule has 108 valence electrons. The van der Waals surface area contributed by atoms with Crippen LogP contribution in [0.25, 0.3) is 0 Å². The molecule has 0 aromatic heterocycles. The Morgan fingerprint density at radius 2 is 1.79 bits per heavy atom. The van der Waals surface area contributed by atoms with Crippen LogP contribution in [0.15, 0.2) is 18.2 Å². The first-order chi connectivity index (χ1) is 9.27. The van der Waals surface area contributed by atoms with Crippen LogP contribution < -0.4 is 10.5 Å². The predicted molar refractivity (Wildman–Crippen MR) is 80.4 cm³/mol. The Morgan fingerprint density at radius 1 is 1.05 bits per heavy atom. The number of methoxy groups -OCH3 is 1. The van der Waals surface area contributed by atoms with Gasteiger partial charge in [0.05, 0.1) is 13.2 Å². The molecule has 1 rings (SSSR count). The van der Waals surface area contributed by atoms with Crippen LogP contribution in [0, 0.1) is 0 Å². The zero-order valence-corrected chi connectivity index (χ0v) is 12.3. The third-order valence-corrected chi connectivity index (χ3v) is 3.14. The standard InChI is InChI=1S/C16H27NO2/c1-3-4-5-6-7-8-11-19-16-10-9-15(17)12-14(16)13-18-2/h9-10,12H,3-8,11,13,17H2,1-2H3. The number of rotatable bonds is 10. The molecular weight excluding hydrogens is 238 g/mol. The molecule has 19 heavy (non-hydrogen) atoms. The molecule has 2 N–H and O–H groups in total. The van der Waals surface area contributed by atoms with E-state index in [4.69, 9.17) is 15.2 Å². The van der Waals surface area contributed by atoms with Crippen molar-refractivity contribution in [3.8, 4) is 5.75 Å². The number of hydrogen-bond acceptors (Lipinski definition) is 3. The van der Waals surface area contributed by atoms with Gasteiger partial charge in [-0.1, -0.05) is 39.0 Å². The molecule has 0 amide bonds. The molecule has 0 bridgehead atoms. The van der Waals surface area contributed by atoms with Crippen molar-refractivity contribution in [3.63, 3.8) is 0 Å². The molecule has 0 spiro atoms. The van der Waals surface area contributed by atoms with E-state index in [0.29, 0.717) is 6.61 Å². The fourth-order valence-electron chi connectivity index (χ4n) is 2.07. The zero-order chi connectivity index (χ0) is 13.9. The lowest BCUT2D eigenvalue weighted by atomic mass is 10.1. The SMILES string of the molecule is CCCCCCCCOc1ccc(N)cc1COC. The molecule has 0 saturated carbocycles. The van der Waals surface area contributed by atoms with Gasteiger partial charge in [-0.25, -0.2) is 0 Å².